The topological polar surface area (TPSA) is 0 Å². The highest BCUT2D eigenvalue weighted by Gasteiger charge is 2.37. The minimum absolute atomic E-state index is 0.262. The van der Waals surface area contributed by atoms with E-state index in [4.69, 9.17) is 0 Å². The molecule has 0 spiro atoms. The van der Waals surface area contributed by atoms with Crippen LogP contribution in [-0.2, 0) is 0 Å². The maximum atomic E-state index is 2.54. The molecule has 216 valence electrons. The third-order valence-corrected chi connectivity index (χ3v) is 21.6. The highest BCUT2D eigenvalue weighted by Crippen LogP contribution is 2.46. The van der Waals surface area contributed by atoms with Crippen LogP contribution in [-0.4, -0.2) is 48.1 Å². The fourth-order valence-corrected chi connectivity index (χ4v) is 21.3. The summed E-state index contributed by atoms with van der Waals surface area (Å²) in [6, 6.07) is 29.1. The summed E-state index contributed by atoms with van der Waals surface area (Å²) < 4.78 is 5.04. The van der Waals surface area contributed by atoms with E-state index in [1.807, 2.05) is 0 Å². The van der Waals surface area contributed by atoms with Gasteiger partial charge in [-0.3, -0.25) is 0 Å². The van der Waals surface area contributed by atoms with E-state index in [1.54, 1.807) is 29.2 Å². The molecule has 0 saturated heterocycles. The molecule has 3 aromatic carbocycles. The first-order valence-corrected chi connectivity index (χ1v) is 21.7. The Morgan fingerprint density at radius 2 is 0.550 bits per heavy atom. The van der Waals surface area contributed by atoms with E-state index in [0.29, 0.717) is 34.0 Å². The highest BCUT2D eigenvalue weighted by atomic mass is 31.1. The fourth-order valence-electron chi connectivity index (χ4n) is 6.86. The van der Waals surface area contributed by atoms with Crippen molar-refractivity contribution in [3.05, 3.63) is 72.8 Å². The Morgan fingerprint density at radius 3 is 0.750 bits per heavy atom. The van der Waals surface area contributed by atoms with Crippen LogP contribution in [0.2, 0.25) is 0 Å². The minimum atomic E-state index is -1.79. The molecule has 0 aliphatic carbocycles. The molecule has 0 amide bonds. The van der Waals surface area contributed by atoms with Crippen LogP contribution in [0.4, 0.5) is 0 Å². The lowest BCUT2D eigenvalue weighted by atomic mass is 10.3. The van der Waals surface area contributed by atoms with Crippen LogP contribution in [0, 0.1) is 0 Å². The van der Waals surface area contributed by atoms with Crippen LogP contribution in [0.15, 0.2) is 72.8 Å². The molecule has 0 aromatic heterocycles. The van der Waals surface area contributed by atoms with E-state index in [2.05, 4.69) is 156 Å². The molecular formula is C36H54AlP3. The van der Waals surface area contributed by atoms with Gasteiger partial charge in [-0.1, -0.05) is 193 Å². The largest absolute Gasteiger partial charge is 0.386 e. The smallest absolute Gasteiger partial charge is 0.0912 e. The second-order valence-corrected chi connectivity index (χ2v) is 25.7. The monoisotopic (exact) mass is 606 g/mol. The molecule has 0 radical (unpaired) electrons. The Kier molecular flexibility index (Phi) is 13.0. The van der Waals surface area contributed by atoms with Crippen LogP contribution < -0.4 is 29.2 Å². The van der Waals surface area contributed by atoms with E-state index in [-0.39, 0.29) is 23.8 Å². The Labute approximate surface area is 255 Å². The van der Waals surface area contributed by atoms with Crippen molar-refractivity contribution in [2.45, 2.75) is 117 Å². The van der Waals surface area contributed by atoms with Gasteiger partial charge in [0.05, 0.1) is 0 Å². The first-order valence-electron chi connectivity index (χ1n) is 15.5. The van der Waals surface area contributed by atoms with Gasteiger partial charge in [-0.25, -0.2) is 0 Å². The summed E-state index contributed by atoms with van der Waals surface area (Å²) in [5, 5.41) is 5.00. The van der Waals surface area contributed by atoms with Crippen LogP contribution in [0.25, 0.3) is 0 Å². The summed E-state index contributed by atoms with van der Waals surface area (Å²) in [4.78, 5) is 0. The lowest BCUT2D eigenvalue weighted by Gasteiger charge is -2.35. The second kappa shape index (κ2) is 15.3. The predicted octanol–water partition coefficient (Wildman–Crippen LogP) is 7.97. The summed E-state index contributed by atoms with van der Waals surface area (Å²) in [5.74, 6) is 0. The number of hydrogen-bond acceptors (Lipinski definition) is 0. The molecule has 4 heteroatoms. The number of rotatable bonds is 12. The van der Waals surface area contributed by atoms with Gasteiger partial charge in [0, 0.05) is 0 Å². The minimum Gasteiger partial charge on any atom is -0.0912 e. The molecule has 0 aliphatic heterocycles. The summed E-state index contributed by atoms with van der Waals surface area (Å²) in [6.07, 6.45) is 0. The van der Waals surface area contributed by atoms with Crippen molar-refractivity contribution in [1.82, 2.24) is 0 Å². The second-order valence-electron chi connectivity index (χ2n) is 12.9. The van der Waals surface area contributed by atoms with Crippen LogP contribution in [0.5, 0.6) is 0 Å². The number of hydrogen-bond donors (Lipinski definition) is 0. The Hall–Kier alpha value is -0.518. The van der Waals surface area contributed by atoms with E-state index in [9.17, 15) is 0 Å². The zero-order chi connectivity index (χ0) is 29.7. The van der Waals surface area contributed by atoms with Crippen LogP contribution in [0.1, 0.15) is 83.1 Å². The average molecular weight is 607 g/mol. The van der Waals surface area contributed by atoms with E-state index < -0.39 is 14.1 Å². The molecule has 3 rings (SSSR count). The van der Waals surface area contributed by atoms with Crippen molar-refractivity contribution in [2.75, 3.05) is 0 Å². The van der Waals surface area contributed by atoms with Gasteiger partial charge < -0.3 is 0 Å². The van der Waals surface area contributed by atoms with E-state index in [0.717, 1.165) is 0 Å². The van der Waals surface area contributed by atoms with Gasteiger partial charge >= 0.3 is 14.1 Å². The Balaban J connectivity index is 2.48. The molecule has 0 atom stereocenters. The lowest BCUT2D eigenvalue weighted by Crippen LogP contribution is -2.63. The predicted molar refractivity (Wildman–Crippen MR) is 194 cm³/mol. The third kappa shape index (κ3) is 7.70. The van der Waals surface area contributed by atoms with Crippen molar-refractivity contribution < 1.29 is 0 Å². The molecular weight excluding hydrogens is 552 g/mol. The Bertz CT molecular complexity index is 1040. The van der Waals surface area contributed by atoms with Crippen molar-refractivity contribution in [2.24, 2.45) is 0 Å². The van der Waals surface area contributed by atoms with Gasteiger partial charge in [-0.2, -0.15) is 0 Å². The first kappa shape index (κ1) is 34.0. The summed E-state index contributed by atoms with van der Waals surface area (Å²) in [6.45, 7) is 29.4. The van der Waals surface area contributed by atoms with Crippen LogP contribution in [0.3, 0.4) is 0 Å². The fraction of sp³-hybridized carbons (Fsp3) is 0.500. The van der Waals surface area contributed by atoms with E-state index >= 15 is 0 Å². The molecule has 0 saturated carbocycles. The SMILES string of the molecule is CC(C)P(c1cccc[c]1[Al]([c]1ccccc1P(C(C)C)C(C)C)[c]1ccccc1P(C(C)C)C(C)C)C(C)C. The molecule has 0 N–H and O–H groups in total. The standard InChI is InChI=1S/3C12H18P.Al/c3*1-10(2)13(11(3)4)12-8-6-5-7-9-12;/h3*5-8,10-11H,1-4H3;. The highest BCUT2D eigenvalue weighted by molar-refractivity contribution is 7.69. The summed E-state index contributed by atoms with van der Waals surface area (Å²) in [7, 11) is -0.786. The molecule has 40 heavy (non-hydrogen) atoms. The molecule has 0 fully saturated rings. The van der Waals surface area contributed by atoms with Gasteiger partial charge in [-0.15, -0.1) is 0 Å². The third-order valence-electron chi connectivity index (χ3n) is 7.92. The molecule has 0 heterocycles. The molecule has 0 aliphatic rings. The zero-order valence-corrected chi connectivity index (χ0v) is 31.1. The molecule has 0 nitrogen and oxygen atoms in total. The van der Waals surface area contributed by atoms with Crippen molar-refractivity contribution in [1.29, 1.82) is 0 Å². The molecule has 3 aromatic rings. The number of benzene rings is 3. The summed E-state index contributed by atoms with van der Waals surface area (Å²) in [5.41, 5.74) is 4.02. The average Bonchev–Trinajstić information content (AvgIpc) is 2.86. The van der Waals surface area contributed by atoms with Gasteiger partial charge in [0.2, 0.25) is 0 Å². The normalized spacial score (nSPS) is 12.5. The van der Waals surface area contributed by atoms with Gasteiger partial charge in [0.1, 0.15) is 0 Å². The molecule has 0 bridgehead atoms. The maximum Gasteiger partial charge on any atom is 0.386 e. The van der Waals surface area contributed by atoms with Gasteiger partial charge in [-0.05, 0) is 49.9 Å². The zero-order valence-electron chi connectivity index (χ0n) is 27.3. The van der Waals surface area contributed by atoms with Crippen molar-refractivity contribution >= 4 is 67.1 Å². The van der Waals surface area contributed by atoms with Gasteiger partial charge in [0.15, 0.2) is 0 Å². The quantitative estimate of drug-likeness (QED) is 0.145. The van der Waals surface area contributed by atoms with E-state index in [1.165, 1.54) is 0 Å². The Morgan fingerprint density at radius 1 is 0.350 bits per heavy atom. The van der Waals surface area contributed by atoms with Crippen LogP contribution >= 0.6 is 23.8 Å². The summed E-state index contributed by atoms with van der Waals surface area (Å²) >= 11 is -1.79. The van der Waals surface area contributed by atoms with Crippen molar-refractivity contribution in [3.8, 4) is 0 Å². The lowest BCUT2D eigenvalue weighted by molar-refractivity contribution is 1.02. The van der Waals surface area contributed by atoms with Crippen molar-refractivity contribution in [3.63, 3.8) is 0 Å². The molecule has 0 unspecified atom stereocenters. The first-order chi connectivity index (χ1) is 18.9. The van der Waals surface area contributed by atoms with Gasteiger partial charge in [0.25, 0.3) is 0 Å². The maximum absolute atomic E-state index is 2.54.